The molecule has 12 heavy (non-hydrogen) atoms. The minimum atomic E-state index is -0.722. The zero-order valence-corrected chi connectivity index (χ0v) is 8.32. The van der Waals surface area contributed by atoms with Crippen molar-refractivity contribution in [3.63, 3.8) is 0 Å². The van der Waals surface area contributed by atoms with Gasteiger partial charge in [0.05, 0.1) is 6.61 Å². The zero-order chi connectivity index (χ0) is 9.19. The van der Waals surface area contributed by atoms with Crippen LogP contribution in [0.25, 0.3) is 0 Å². The van der Waals surface area contributed by atoms with Gasteiger partial charge in [0.15, 0.2) is 0 Å². The van der Waals surface area contributed by atoms with Crippen LogP contribution in [-0.4, -0.2) is 29.1 Å². The molecule has 1 aliphatic rings. The van der Waals surface area contributed by atoms with E-state index in [9.17, 15) is 4.79 Å². The van der Waals surface area contributed by atoms with Gasteiger partial charge in [-0.25, -0.2) is 0 Å². The summed E-state index contributed by atoms with van der Waals surface area (Å²) < 4.78 is 4.90. The average Bonchev–Trinajstić information content (AvgIpc) is 2.33. The Balaban J connectivity index is 2.54. The van der Waals surface area contributed by atoms with E-state index in [-0.39, 0.29) is 5.97 Å². The number of hydrogen-bond donors (Lipinski definition) is 1. The molecule has 0 bridgehead atoms. The number of carbonyl (C=O) groups excluding carboxylic acids is 1. The lowest BCUT2D eigenvalue weighted by Crippen LogP contribution is -2.49. The summed E-state index contributed by atoms with van der Waals surface area (Å²) in [7, 11) is 0. The molecule has 0 spiro atoms. The van der Waals surface area contributed by atoms with Crippen molar-refractivity contribution in [1.82, 2.24) is 0 Å². The highest BCUT2D eigenvalue weighted by Crippen LogP contribution is 2.33. The predicted molar refractivity (Wildman–Crippen MR) is 50.1 cm³/mol. The molecule has 1 fully saturated rings. The molecular formula is C8H15NO2S. The van der Waals surface area contributed by atoms with Gasteiger partial charge in [-0.1, -0.05) is 6.92 Å². The fourth-order valence-corrected chi connectivity index (χ4v) is 2.57. The molecular weight excluding hydrogens is 174 g/mol. The molecule has 0 aliphatic carbocycles. The van der Waals surface area contributed by atoms with Crippen LogP contribution in [0.4, 0.5) is 0 Å². The first kappa shape index (κ1) is 9.86. The second-order valence-electron chi connectivity index (χ2n) is 3.20. The number of rotatable bonds is 2. The van der Waals surface area contributed by atoms with Gasteiger partial charge in [-0.2, -0.15) is 11.8 Å². The van der Waals surface area contributed by atoms with Crippen LogP contribution >= 0.6 is 11.8 Å². The monoisotopic (exact) mass is 189 g/mol. The van der Waals surface area contributed by atoms with Crippen LogP contribution in [0.5, 0.6) is 0 Å². The lowest BCUT2D eigenvalue weighted by atomic mass is 9.98. The van der Waals surface area contributed by atoms with E-state index in [1.165, 1.54) is 0 Å². The molecule has 1 aliphatic heterocycles. The second kappa shape index (κ2) is 3.66. The van der Waals surface area contributed by atoms with Crippen molar-refractivity contribution < 1.29 is 9.53 Å². The third-order valence-electron chi connectivity index (χ3n) is 1.96. The molecule has 0 radical (unpaired) electrons. The fraction of sp³-hybridized carbons (Fsp3) is 0.875. The first-order valence-corrected chi connectivity index (χ1v) is 5.21. The van der Waals surface area contributed by atoms with Gasteiger partial charge < -0.3 is 10.5 Å². The molecule has 2 atom stereocenters. The largest absolute Gasteiger partial charge is 0.465 e. The van der Waals surface area contributed by atoms with Crippen molar-refractivity contribution in [2.45, 2.75) is 31.1 Å². The smallest absolute Gasteiger partial charge is 0.327 e. The molecule has 70 valence electrons. The minimum absolute atomic E-state index is 0.248. The Hall–Kier alpha value is -0.220. The van der Waals surface area contributed by atoms with Crippen LogP contribution < -0.4 is 5.73 Å². The van der Waals surface area contributed by atoms with Crippen molar-refractivity contribution in [3.8, 4) is 0 Å². The van der Waals surface area contributed by atoms with Gasteiger partial charge in [0.25, 0.3) is 0 Å². The highest BCUT2D eigenvalue weighted by atomic mass is 32.2. The number of esters is 1. The van der Waals surface area contributed by atoms with Gasteiger partial charge in [-0.3, -0.25) is 4.79 Å². The first-order valence-electron chi connectivity index (χ1n) is 4.16. The quantitative estimate of drug-likeness (QED) is 0.652. The molecule has 4 heteroatoms. The number of hydrogen-bond acceptors (Lipinski definition) is 4. The topological polar surface area (TPSA) is 52.3 Å². The predicted octanol–water partition coefficient (Wildman–Crippen LogP) is 0.772. The van der Waals surface area contributed by atoms with Crippen LogP contribution in [0.1, 0.15) is 20.3 Å². The maximum Gasteiger partial charge on any atom is 0.327 e. The van der Waals surface area contributed by atoms with E-state index in [2.05, 4.69) is 6.92 Å². The molecule has 1 rings (SSSR count). The summed E-state index contributed by atoms with van der Waals surface area (Å²) >= 11 is 1.73. The van der Waals surface area contributed by atoms with Gasteiger partial charge in [0.1, 0.15) is 5.54 Å². The molecule has 0 aromatic carbocycles. The summed E-state index contributed by atoms with van der Waals surface area (Å²) in [6.45, 7) is 4.29. The van der Waals surface area contributed by atoms with Gasteiger partial charge in [0, 0.05) is 11.0 Å². The van der Waals surface area contributed by atoms with Crippen molar-refractivity contribution in [3.05, 3.63) is 0 Å². The maximum atomic E-state index is 11.4. The van der Waals surface area contributed by atoms with E-state index >= 15 is 0 Å². The molecule has 2 unspecified atom stereocenters. The van der Waals surface area contributed by atoms with E-state index in [0.717, 1.165) is 6.42 Å². The highest BCUT2D eigenvalue weighted by molar-refractivity contribution is 8.00. The number of carbonyl (C=O) groups is 1. The fourth-order valence-electron chi connectivity index (χ4n) is 1.34. The van der Waals surface area contributed by atoms with Crippen LogP contribution in [0.3, 0.4) is 0 Å². The molecule has 1 saturated heterocycles. The van der Waals surface area contributed by atoms with Crippen molar-refractivity contribution in [1.29, 1.82) is 0 Å². The molecule has 0 aromatic rings. The van der Waals surface area contributed by atoms with E-state index in [4.69, 9.17) is 10.5 Å². The Morgan fingerprint density at radius 2 is 2.50 bits per heavy atom. The van der Waals surface area contributed by atoms with E-state index < -0.39 is 5.54 Å². The van der Waals surface area contributed by atoms with Gasteiger partial charge in [-0.05, 0) is 13.3 Å². The number of nitrogens with two attached hydrogens (primary N) is 1. The molecule has 1 heterocycles. The minimum Gasteiger partial charge on any atom is -0.465 e. The molecule has 0 aromatic heterocycles. The van der Waals surface area contributed by atoms with Crippen LogP contribution in [0.2, 0.25) is 0 Å². The summed E-state index contributed by atoms with van der Waals surface area (Å²) in [5.41, 5.74) is 5.16. The SMILES string of the molecule is CCOC(=O)C1(N)CSC(C)C1. The first-order chi connectivity index (χ1) is 5.58. The number of ether oxygens (including phenoxy) is 1. The van der Waals surface area contributed by atoms with Crippen LogP contribution in [0, 0.1) is 0 Å². The Labute approximate surface area is 77.0 Å². The average molecular weight is 189 g/mol. The number of thioether (sulfide) groups is 1. The summed E-state index contributed by atoms with van der Waals surface area (Å²) in [6.07, 6.45) is 0.733. The third-order valence-corrected chi connectivity index (χ3v) is 3.38. The summed E-state index contributed by atoms with van der Waals surface area (Å²) in [5.74, 6) is 0.439. The van der Waals surface area contributed by atoms with Crippen molar-refractivity contribution >= 4 is 17.7 Å². The Kier molecular flexibility index (Phi) is 3.01. The second-order valence-corrected chi connectivity index (χ2v) is 4.63. The lowest BCUT2D eigenvalue weighted by molar-refractivity contribution is -0.148. The Morgan fingerprint density at radius 3 is 2.92 bits per heavy atom. The lowest BCUT2D eigenvalue weighted by Gasteiger charge is -2.19. The molecule has 3 nitrogen and oxygen atoms in total. The van der Waals surface area contributed by atoms with Gasteiger partial charge in [-0.15, -0.1) is 0 Å². The van der Waals surface area contributed by atoms with Gasteiger partial charge in [0.2, 0.25) is 0 Å². The van der Waals surface area contributed by atoms with Crippen molar-refractivity contribution in [2.24, 2.45) is 5.73 Å². The maximum absolute atomic E-state index is 11.4. The van der Waals surface area contributed by atoms with Gasteiger partial charge >= 0.3 is 5.97 Å². The highest BCUT2D eigenvalue weighted by Gasteiger charge is 2.42. The van der Waals surface area contributed by atoms with E-state index in [1.54, 1.807) is 18.7 Å². The van der Waals surface area contributed by atoms with Crippen LogP contribution in [-0.2, 0) is 9.53 Å². The summed E-state index contributed by atoms with van der Waals surface area (Å²) in [4.78, 5) is 11.4. The molecule has 2 N–H and O–H groups in total. The zero-order valence-electron chi connectivity index (χ0n) is 7.50. The Bertz CT molecular complexity index is 186. The Morgan fingerprint density at radius 1 is 1.83 bits per heavy atom. The molecule has 0 saturated carbocycles. The third kappa shape index (κ3) is 1.93. The summed E-state index contributed by atoms with van der Waals surface area (Å²) in [5, 5.41) is 0.472. The summed E-state index contributed by atoms with van der Waals surface area (Å²) in [6, 6.07) is 0. The van der Waals surface area contributed by atoms with Crippen molar-refractivity contribution in [2.75, 3.05) is 12.4 Å². The van der Waals surface area contributed by atoms with E-state index in [0.29, 0.717) is 17.6 Å². The van der Waals surface area contributed by atoms with E-state index in [1.807, 2.05) is 0 Å². The normalized spacial score (nSPS) is 35.1. The standard InChI is InChI=1S/C8H15NO2S/c1-3-11-7(10)8(9)4-6(2)12-5-8/h6H,3-5,9H2,1-2H3. The molecule has 0 amide bonds. The van der Waals surface area contributed by atoms with Crippen LogP contribution in [0.15, 0.2) is 0 Å².